The fourth-order valence-corrected chi connectivity index (χ4v) is 3.29. The second kappa shape index (κ2) is 5.13. The van der Waals surface area contributed by atoms with Crippen LogP contribution in [0.25, 0.3) is 0 Å². The van der Waals surface area contributed by atoms with Crippen molar-refractivity contribution in [2.45, 2.75) is 37.5 Å². The molecule has 2 fully saturated rings. The van der Waals surface area contributed by atoms with Crippen molar-refractivity contribution < 1.29 is 14.7 Å². The van der Waals surface area contributed by atoms with Gasteiger partial charge in [-0.3, -0.25) is 9.59 Å². The van der Waals surface area contributed by atoms with Gasteiger partial charge in [-0.25, -0.2) is 0 Å². The summed E-state index contributed by atoms with van der Waals surface area (Å²) in [5, 5.41) is 12.2. The van der Waals surface area contributed by atoms with Crippen molar-refractivity contribution in [3.63, 3.8) is 0 Å². The first-order chi connectivity index (χ1) is 9.98. The van der Waals surface area contributed by atoms with Gasteiger partial charge in [0.25, 0.3) is 0 Å². The Morgan fingerprint density at radius 2 is 1.76 bits per heavy atom. The highest BCUT2D eigenvalue weighted by atomic mass is 79.9. The van der Waals surface area contributed by atoms with E-state index in [0.29, 0.717) is 12.8 Å². The van der Waals surface area contributed by atoms with Gasteiger partial charge in [0.1, 0.15) is 0 Å². The third-order valence-corrected chi connectivity index (χ3v) is 5.46. The molecule has 2 aliphatic rings. The second-order valence-electron chi connectivity index (χ2n) is 6.21. The van der Waals surface area contributed by atoms with Crippen molar-refractivity contribution >= 4 is 27.8 Å². The lowest BCUT2D eigenvalue weighted by atomic mass is 9.68. The predicted molar refractivity (Wildman–Crippen MR) is 82.0 cm³/mol. The van der Waals surface area contributed by atoms with Crippen molar-refractivity contribution in [3.05, 3.63) is 34.3 Å². The minimum absolute atomic E-state index is 0.0302. The number of carbonyl (C=O) groups excluding carboxylic acids is 1. The zero-order valence-corrected chi connectivity index (χ0v) is 13.3. The standard InChI is InChI=1S/C16H18BrNO3/c17-12-4-2-11(3-5-12)16(8-9-16)13(19)18-10-15(14(20)21)6-1-7-15/h2-5H,1,6-10H2,(H,18,19)(H,20,21). The van der Waals surface area contributed by atoms with E-state index in [9.17, 15) is 14.7 Å². The maximum Gasteiger partial charge on any atom is 0.311 e. The summed E-state index contributed by atoms with van der Waals surface area (Å²) in [5.74, 6) is -0.820. The smallest absolute Gasteiger partial charge is 0.311 e. The number of amides is 1. The van der Waals surface area contributed by atoms with Crippen molar-refractivity contribution in [1.29, 1.82) is 0 Å². The zero-order valence-electron chi connectivity index (χ0n) is 11.7. The van der Waals surface area contributed by atoms with Crippen LogP contribution in [0.3, 0.4) is 0 Å². The maximum absolute atomic E-state index is 12.5. The number of carboxylic acids is 1. The van der Waals surface area contributed by atoms with Crippen molar-refractivity contribution in [3.8, 4) is 0 Å². The largest absolute Gasteiger partial charge is 0.481 e. The molecule has 0 bridgehead atoms. The molecule has 1 amide bonds. The zero-order chi connectivity index (χ0) is 15.1. The minimum atomic E-state index is -0.789. The first kappa shape index (κ1) is 14.6. The van der Waals surface area contributed by atoms with Crippen LogP contribution in [0.1, 0.15) is 37.7 Å². The van der Waals surface area contributed by atoms with E-state index < -0.39 is 16.8 Å². The highest BCUT2D eigenvalue weighted by Crippen LogP contribution is 2.49. The topological polar surface area (TPSA) is 66.4 Å². The van der Waals surface area contributed by atoms with Gasteiger partial charge in [-0.15, -0.1) is 0 Å². The molecule has 112 valence electrons. The van der Waals surface area contributed by atoms with Crippen molar-refractivity contribution in [2.75, 3.05) is 6.54 Å². The Labute approximate surface area is 132 Å². The number of carbonyl (C=O) groups is 2. The fraction of sp³-hybridized carbons (Fsp3) is 0.500. The number of halogens is 1. The molecule has 2 saturated carbocycles. The third kappa shape index (κ3) is 2.48. The van der Waals surface area contributed by atoms with Crippen LogP contribution in [-0.2, 0) is 15.0 Å². The Bertz CT molecular complexity index is 574. The van der Waals surface area contributed by atoms with Crippen LogP contribution in [-0.4, -0.2) is 23.5 Å². The van der Waals surface area contributed by atoms with Crippen molar-refractivity contribution in [1.82, 2.24) is 5.32 Å². The Balaban J connectivity index is 1.68. The lowest BCUT2D eigenvalue weighted by Crippen LogP contribution is -2.49. The number of benzene rings is 1. The predicted octanol–water partition coefficient (Wildman–Crippen LogP) is 2.85. The summed E-state index contributed by atoms with van der Waals surface area (Å²) in [6.45, 7) is 0.249. The molecule has 0 radical (unpaired) electrons. The summed E-state index contributed by atoms with van der Waals surface area (Å²) in [7, 11) is 0. The van der Waals surface area contributed by atoms with Crippen LogP contribution >= 0.6 is 15.9 Å². The molecule has 1 aromatic carbocycles. The fourth-order valence-electron chi connectivity index (χ4n) is 3.03. The summed E-state index contributed by atoms with van der Waals surface area (Å²) < 4.78 is 0.988. The van der Waals surface area contributed by atoms with Gasteiger partial charge in [0.2, 0.25) is 5.91 Å². The number of rotatable bonds is 5. The van der Waals surface area contributed by atoms with Crippen LogP contribution in [0.4, 0.5) is 0 Å². The molecule has 2 N–H and O–H groups in total. The van der Waals surface area contributed by atoms with E-state index in [2.05, 4.69) is 21.2 Å². The molecule has 3 rings (SSSR count). The lowest BCUT2D eigenvalue weighted by Gasteiger charge is -2.38. The van der Waals surface area contributed by atoms with Gasteiger partial charge in [-0.05, 0) is 43.4 Å². The Kier molecular flexibility index (Phi) is 3.56. The monoisotopic (exact) mass is 351 g/mol. The molecule has 21 heavy (non-hydrogen) atoms. The normalized spacial score (nSPS) is 21.2. The molecule has 2 aliphatic carbocycles. The molecule has 1 aromatic rings. The summed E-state index contributed by atoms with van der Waals surface area (Å²) in [4.78, 5) is 23.8. The number of carboxylic acid groups (broad SMARTS) is 1. The number of aliphatic carboxylic acids is 1. The lowest BCUT2D eigenvalue weighted by molar-refractivity contribution is -0.154. The molecular formula is C16H18BrNO3. The quantitative estimate of drug-likeness (QED) is 0.856. The van der Waals surface area contributed by atoms with E-state index in [-0.39, 0.29) is 12.5 Å². The highest BCUT2D eigenvalue weighted by Gasteiger charge is 2.52. The van der Waals surface area contributed by atoms with Gasteiger partial charge >= 0.3 is 5.97 Å². The SMILES string of the molecule is O=C(O)C1(CNC(=O)C2(c3ccc(Br)cc3)CC2)CCC1. The molecule has 0 aromatic heterocycles. The van der Waals surface area contributed by atoms with E-state index in [1.54, 1.807) is 0 Å². The Hall–Kier alpha value is -1.36. The van der Waals surface area contributed by atoms with Gasteiger partial charge in [-0.1, -0.05) is 34.5 Å². The molecule has 0 heterocycles. The van der Waals surface area contributed by atoms with Gasteiger partial charge in [0.05, 0.1) is 10.8 Å². The third-order valence-electron chi connectivity index (χ3n) is 4.93. The average Bonchev–Trinajstić information content (AvgIpc) is 3.19. The molecule has 0 saturated heterocycles. The van der Waals surface area contributed by atoms with Crippen LogP contribution in [0.2, 0.25) is 0 Å². The first-order valence-electron chi connectivity index (χ1n) is 7.26. The molecule has 0 unspecified atom stereocenters. The number of hydrogen-bond acceptors (Lipinski definition) is 2. The Morgan fingerprint density at radius 1 is 1.14 bits per heavy atom. The van der Waals surface area contributed by atoms with Crippen LogP contribution in [0.15, 0.2) is 28.7 Å². The van der Waals surface area contributed by atoms with Crippen molar-refractivity contribution in [2.24, 2.45) is 5.41 Å². The molecule has 4 nitrogen and oxygen atoms in total. The summed E-state index contributed by atoms with van der Waals surface area (Å²) >= 11 is 3.39. The minimum Gasteiger partial charge on any atom is -0.481 e. The highest BCUT2D eigenvalue weighted by molar-refractivity contribution is 9.10. The number of hydrogen-bond donors (Lipinski definition) is 2. The van der Waals surface area contributed by atoms with Crippen LogP contribution in [0, 0.1) is 5.41 Å². The molecule has 0 atom stereocenters. The summed E-state index contributed by atoms with van der Waals surface area (Å²) in [6, 6.07) is 7.81. The Morgan fingerprint density at radius 3 is 2.19 bits per heavy atom. The molecule has 0 aliphatic heterocycles. The first-order valence-corrected chi connectivity index (χ1v) is 8.06. The van der Waals surface area contributed by atoms with Crippen LogP contribution in [0.5, 0.6) is 0 Å². The molecule has 0 spiro atoms. The van der Waals surface area contributed by atoms with Gasteiger partial charge < -0.3 is 10.4 Å². The second-order valence-corrected chi connectivity index (χ2v) is 7.13. The van der Waals surface area contributed by atoms with E-state index in [0.717, 1.165) is 29.3 Å². The van der Waals surface area contributed by atoms with E-state index in [4.69, 9.17) is 0 Å². The molecule has 5 heteroatoms. The number of nitrogens with one attached hydrogen (secondary N) is 1. The molecular weight excluding hydrogens is 334 g/mol. The summed E-state index contributed by atoms with van der Waals surface area (Å²) in [6.07, 6.45) is 3.92. The van der Waals surface area contributed by atoms with Gasteiger partial charge in [0.15, 0.2) is 0 Å². The average molecular weight is 352 g/mol. The van der Waals surface area contributed by atoms with Gasteiger partial charge in [-0.2, -0.15) is 0 Å². The maximum atomic E-state index is 12.5. The van der Waals surface area contributed by atoms with E-state index >= 15 is 0 Å². The van der Waals surface area contributed by atoms with Gasteiger partial charge in [0, 0.05) is 11.0 Å². The van der Waals surface area contributed by atoms with Crippen LogP contribution < -0.4 is 5.32 Å². The summed E-state index contributed by atoms with van der Waals surface area (Å²) in [5.41, 5.74) is -0.156. The van der Waals surface area contributed by atoms with E-state index in [1.165, 1.54) is 0 Å². The van der Waals surface area contributed by atoms with E-state index in [1.807, 2.05) is 24.3 Å².